The molecule has 0 unspecified atom stereocenters. The Kier molecular flexibility index (Phi) is 5.11. The molecule has 2 heterocycles. The van der Waals surface area contributed by atoms with Crippen LogP contribution in [0.15, 0.2) is 48.7 Å². The average molecular weight is 426 g/mol. The largest absolute Gasteiger partial charge is 0.454 e. The highest BCUT2D eigenvalue weighted by Gasteiger charge is 2.28. The van der Waals surface area contributed by atoms with E-state index in [1.54, 1.807) is 31.3 Å². The van der Waals surface area contributed by atoms with E-state index in [2.05, 4.69) is 0 Å². The van der Waals surface area contributed by atoms with E-state index in [0.29, 0.717) is 29.8 Å². The van der Waals surface area contributed by atoms with Gasteiger partial charge in [-0.25, -0.2) is 13.2 Å². The smallest absolute Gasteiger partial charge is 0.340 e. The van der Waals surface area contributed by atoms with Crippen molar-refractivity contribution >= 4 is 38.4 Å². The van der Waals surface area contributed by atoms with Gasteiger partial charge < -0.3 is 9.30 Å². The van der Waals surface area contributed by atoms with Crippen LogP contribution in [0.1, 0.15) is 33.2 Å². The van der Waals surface area contributed by atoms with Crippen LogP contribution in [0.4, 0.5) is 5.69 Å². The zero-order valence-corrected chi connectivity index (χ0v) is 17.6. The number of ether oxygens (including phenoxy) is 1. The Morgan fingerprint density at radius 2 is 1.90 bits per heavy atom. The molecule has 1 aliphatic rings. The summed E-state index contributed by atoms with van der Waals surface area (Å²) in [6, 6.07) is 12.4. The number of aromatic nitrogens is 1. The lowest BCUT2D eigenvalue weighted by Gasteiger charge is -2.18. The van der Waals surface area contributed by atoms with Crippen LogP contribution in [0.5, 0.6) is 0 Å². The number of anilines is 1. The van der Waals surface area contributed by atoms with Crippen LogP contribution in [0.2, 0.25) is 0 Å². The van der Waals surface area contributed by atoms with Gasteiger partial charge in [-0.1, -0.05) is 18.2 Å². The molecule has 0 radical (unpaired) electrons. The standard InChI is InChI=1S/C22H22N2O5S/c1-3-30(27,28)24-11-10-15-12-16(8-9-19(15)24)21(25)14-29-22(26)18-13-23(2)20-7-5-4-6-17(18)20/h4-9,12-13H,3,10-11,14H2,1-2H3. The van der Waals surface area contributed by atoms with Crippen molar-refractivity contribution in [2.45, 2.75) is 13.3 Å². The lowest BCUT2D eigenvalue weighted by molar-refractivity contribution is 0.0476. The number of para-hydroxylation sites is 1. The highest BCUT2D eigenvalue weighted by molar-refractivity contribution is 7.92. The highest BCUT2D eigenvalue weighted by Crippen LogP contribution is 2.31. The second kappa shape index (κ2) is 7.60. The van der Waals surface area contributed by atoms with Crippen molar-refractivity contribution in [1.29, 1.82) is 0 Å². The summed E-state index contributed by atoms with van der Waals surface area (Å²) in [7, 11) is -1.49. The van der Waals surface area contributed by atoms with Gasteiger partial charge in [0.25, 0.3) is 0 Å². The normalized spacial score (nSPS) is 13.5. The summed E-state index contributed by atoms with van der Waals surface area (Å²) in [5.74, 6) is -0.859. The number of aryl methyl sites for hydroxylation is 1. The predicted molar refractivity (Wildman–Crippen MR) is 114 cm³/mol. The lowest BCUT2D eigenvalue weighted by atomic mass is 10.1. The maximum Gasteiger partial charge on any atom is 0.340 e. The Labute approximate surface area is 174 Å². The van der Waals surface area contributed by atoms with Gasteiger partial charge in [-0.2, -0.15) is 0 Å². The molecule has 3 aromatic rings. The van der Waals surface area contributed by atoms with Crippen LogP contribution in [0.3, 0.4) is 0 Å². The van der Waals surface area contributed by atoms with Crippen LogP contribution >= 0.6 is 0 Å². The van der Waals surface area contributed by atoms with Gasteiger partial charge in [-0.15, -0.1) is 0 Å². The molecule has 0 saturated heterocycles. The number of hydrogen-bond acceptors (Lipinski definition) is 5. The third-order valence-electron chi connectivity index (χ3n) is 5.41. The number of ketones is 1. The fourth-order valence-corrected chi connectivity index (χ4v) is 4.95. The number of esters is 1. The highest BCUT2D eigenvalue weighted by atomic mass is 32.2. The summed E-state index contributed by atoms with van der Waals surface area (Å²) in [6.07, 6.45) is 2.24. The molecule has 0 fully saturated rings. The molecular formula is C22H22N2O5S. The minimum Gasteiger partial charge on any atom is -0.454 e. The molecule has 0 bridgehead atoms. The second-order valence-electron chi connectivity index (χ2n) is 7.24. The third kappa shape index (κ3) is 3.47. The Bertz CT molecular complexity index is 1260. The minimum atomic E-state index is -3.34. The van der Waals surface area contributed by atoms with Crippen LogP contribution in [-0.4, -0.2) is 43.6 Å². The summed E-state index contributed by atoms with van der Waals surface area (Å²) in [5.41, 5.74) is 3.13. The molecule has 0 atom stereocenters. The van der Waals surface area contributed by atoms with Crippen LogP contribution in [0.25, 0.3) is 10.9 Å². The van der Waals surface area contributed by atoms with E-state index in [9.17, 15) is 18.0 Å². The quantitative estimate of drug-likeness (QED) is 0.447. The SMILES string of the molecule is CCS(=O)(=O)N1CCc2cc(C(=O)COC(=O)c3cn(C)c4ccccc34)ccc21. The van der Waals surface area contributed by atoms with E-state index in [0.717, 1.165) is 16.5 Å². The number of Topliss-reactive ketones (excluding diaryl/α,β-unsaturated/α-hetero) is 1. The van der Waals surface area contributed by atoms with Crippen molar-refractivity contribution in [2.75, 3.05) is 23.2 Å². The minimum absolute atomic E-state index is 0.0250. The van der Waals surface area contributed by atoms with Gasteiger partial charge in [0.2, 0.25) is 10.0 Å². The number of carbonyl (C=O) groups excluding carboxylic acids is 2. The Morgan fingerprint density at radius 3 is 2.67 bits per heavy atom. The topological polar surface area (TPSA) is 85.7 Å². The molecule has 0 N–H and O–H groups in total. The van der Waals surface area contributed by atoms with Gasteiger partial charge >= 0.3 is 5.97 Å². The molecule has 0 spiro atoms. The van der Waals surface area contributed by atoms with E-state index in [-0.39, 0.29) is 18.1 Å². The summed E-state index contributed by atoms with van der Waals surface area (Å²) in [5, 5.41) is 0.771. The zero-order chi connectivity index (χ0) is 21.5. The molecule has 0 aliphatic carbocycles. The van der Waals surface area contributed by atoms with E-state index >= 15 is 0 Å². The zero-order valence-electron chi connectivity index (χ0n) is 16.8. The van der Waals surface area contributed by atoms with Gasteiger partial charge in [0.15, 0.2) is 12.4 Å². The number of sulfonamides is 1. The predicted octanol–water partition coefficient (Wildman–Crippen LogP) is 2.93. The first-order valence-electron chi connectivity index (χ1n) is 9.69. The molecular weight excluding hydrogens is 404 g/mol. The first-order valence-corrected chi connectivity index (χ1v) is 11.3. The maximum atomic E-state index is 12.6. The number of rotatable bonds is 6. The number of nitrogens with zero attached hydrogens (tertiary/aromatic N) is 2. The van der Waals surface area contributed by atoms with Gasteiger partial charge in [-0.05, 0) is 43.2 Å². The summed E-state index contributed by atoms with van der Waals surface area (Å²) in [6.45, 7) is 1.60. The Balaban J connectivity index is 1.48. The first kappa shape index (κ1) is 20.2. The second-order valence-corrected chi connectivity index (χ2v) is 9.42. The molecule has 0 amide bonds. The molecule has 1 aliphatic heterocycles. The molecule has 0 saturated carbocycles. The molecule has 30 heavy (non-hydrogen) atoms. The number of hydrogen-bond donors (Lipinski definition) is 0. The van der Waals surface area contributed by atoms with Crippen molar-refractivity contribution in [3.05, 3.63) is 65.4 Å². The van der Waals surface area contributed by atoms with Crippen molar-refractivity contribution in [2.24, 2.45) is 7.05 Å². The van der Waals surface area contributed by atoms with Crippen molar-refractivity contribution in [1.82, 2.24) is 4.57 Å². The summed E-state index contributed by atoms with van der Waals surface area (Å²) in [4.78, 5) is 25.1. The first-order chi connectivity index (χ1) is 14.3. The molecule has 1 aromatic heterocycles. The van der Waals surface area contributed by atoms with Crippen LogP contribution in [-0.2, 0) is 28.2 Å². The molecule has 8 heteroatoms. The number of benzene rings is 2. The van der Waals surface area contributed by atoms with Gasteiger partial charge in [0, 0.05) is 36.3 Å². The van der Waals surface area contributed by atoms with Gasteiger partial charge in [0.05, 0.1) is 17.0 Å². The number of carbonyl (C=O) groups is 2. The van der Waals surface area contributed by atoms with Crippen molar-refractivity contribution in [3.63, 3.8) is 0 Å². The van der Waals surface area contributed by atoms with E-state index in [1.165, 1.54) is 4.31 Å². The van der Waals surface area contributed by atoms with E-state index < -0.39 is 16.0 Å². The molecule has 4 rings (SSSR count). The molecule has 2 aromatic carbocycles. The van der Waals surface area contributed by atoms with Gasteiger partial charge in [-0.3, -0.25) is 9.10 Å². The lowest BCUT2D eigenvalue weighted by Crippen LogP contribution is -2.30. The van der Waals surface area contributed by atoms with Crippen molar-refractivity contribution in [3.8, 4) is 0 Å². The third-order valence-corrected chi connectivity index (χ3v) is 7.19. The van der Waals surface area contributed by atoms with E-state index in [4.69, 9.17) is 4.74 Å². The monoisotopic (exact) mass is 426 g/mol. The van der Waals surface area contributed by atoms with Gasteiger partial charge in [0.1, 0.15) is 0 Å². The van der Waals surface area contributed by atoms with Crippen LogP contribution < -0.4 is 4.31 Å². The fraction of sp³-hybridized carbons (Fsp3) is 0.273. The van der Waals surface area contributed by atoms with Crippen LogP contribution in [0, 0.1) is 0 Å². The Hall–Kier alpha value is -3.13. The molecule has 7 nitrogen and oxygen atoms in total. The average Bonchev–Trinajstić information content (AvgIpc) is 3.33. The maximum absolute atomic E-state index is 12.6. The molecule has 156 valence electrons. The Morgan fingerprint density at radius 1 is 1.13 bits per heavy atom. The van der Waals surface area contributed by atoms with Crippen molar-refractivity contribution < 1.29 is 22.7 Å². The summed E-state index contributed by atoms with van der Waals surface area (Å²) < 4.78 is 32.9. The number of fused-ring (bicyclic) bond motifs is 2. The van der Waals surface area contributed by atoms with E-state index in [1.807, 2.05) is 35.9 Å². The fourth-order valence-electron chi connectivity index (χ4n) is 3.79. The summed E-state index contributed by atoms with van der Waals surface area (Å²) >= 11 is 0.